The molecule has 2 heterocycles. The number of likely N-dealkylation sites (tertiary alicyclic amines) is 1. The van der Waals surface area contributed by atoms with Crippen molar-refractivity contribution in [3.8, 4) is 5.75 Å². The standard InChI is InChI=1S/C32H44N8O4.2ClH/c1-19(33-5)28(41)37-26(32(2,3)4)30(43)40-16-12-15-24(40)29(42)35-23-17-21-22(18-25(23)44-8)36-31(38-27(21)39(6)7)34-20-13-10-9-11-14-20;;/h9-11,13-14,17-19,24,26,33H,12,15-16H2,1-8H3,(H,35,42)(H,37,41)(H,34,36,38);2*1H. The zero-order chi connectivity index (χ0) is 32.2. The van der Waals surface area contributed by atoms with Crippen LogP contribution >= 0.6 is 24.8 Å². The fourth-order valence-corrected chi connectivity index (χ4v) is 5.19. The number of anilines is 4. The van der Waals surface area contributed by atoms with E-state index in [0.717, 1.165) is 11.1 Å². The third-order valence-electron chi connectivity index (χ3n) is 7.77. The lowest BCUT2D eigenvalue weighted by Gasteiger charge is -2.36. The number of amides is 3. The SMILES string of the molecule is CNC(C)C(=O)NC(C(=O)N1CCCC1C(=O)Nc1cc2c(N(C)C)nc(Nc3ccccc3)nc2cc1OC)C(C)(C)C.Cl.Cl. The fourth-order valence-electron chi connectivity index (χ4n) is 5.19. The lowest BCUT2D eigenvalue weighted by atomic mass is 9.85. The molecule has 3 amide bonds. The molecule has 1 aliphatic heterocycles. The Hall–Kier alpha value is -3.87. The van der Waals surface area contributed by atoms with Gasteiger partial charge in [-0.05, 0) is 50.4 Å². The third kappa shape index (κ3) is 8.68. The Morgan fingerprint density at radius 3 is 2.33 bits per heavy atom. The number of likely N-dealkylation sites (N-methyl/N-ethyl adjacent to an activating group) is 1. The lowest BCUT2D eigenvalue weighted by molar-refractivity contribution is -0.143. The minimum absolute atomic E-state index is 0. The van der Waals surface area contributed by atoms with E-state index >= 15 is 0 Å². The molecule has 4 N–H and O–H groups in total. The van der Waals surface area contributed by atoms with E-state index in [1.807, 2.05) is 70.1 Å². The Balaban J connectivity index is 0.00000368. The number of ether oxygens (including phenoxy) is 1. The maximum atomic E-state index is 13.8. The Morgan fingerprint density at radius 1 is 1.07 bits per heavy atom. The molecule has 3 unspecified atom stereocenters. The van der Waals surface area contributed by atoms with Crippen molar-refractivity contribution < 1.29 is 19.1 Å². The number of methoxy groups -OCH3 is 1. The summed E-state index contributed by atoms with van der Waals surface area (Å²) in [5, 5.41) is 12.8. The van der Waals surface area contributed by atoms with Gasteiger partial charge in [0.05, 0.1) is 24.4 Å². The van der Waals surface area contributed by atoms with Gasteiger partial charge in [0.25, 0.3) is 0 Å². The summed E-state index contributed by atoms with van der Waals surface area (Å²) in [6.07, 6.45) is 1.18. The summed E-state index contributed by atoms with van der Waals surface area (Å²) in [6.45, 7) is 7.85. The molecule has 252 valence electrons. The molecule has 0 saturated carbocycles. The van der Waals surface area contributed by atoms with Crippen LogP contribution in [0.3, 0.4) is 0 Å². The predicted octanol–water partition coefficient (Wildman–Crippen LogP) is 4.36. The second kappa shape index (κ2) is 16.1. The van der Waals surface area contributed by atoms with E-state index in [2.05, 4.69) is 21.3 Å². The number of carbonyl (C=O) groups excluding carboxylic acids is 3. The molecule has 2 aromatic carbocycles. The number of hydrogen-bond acceptors (Lipinski definition) is 9. The van der Waals surface area contributed by atoms with E-state index in [1.165, 1.54) is 7.11 Å². The smallest absolute Gasteiger partial charge is 0.247 e. The van der Waals surface area contributed by atoms with E-state index in [-0.39, 0.29) is 42.5 Å². The third-order valence-corrected chi connectivity index (χ3v) is 7.77. The number of para-hydroxylation sites is 1. The number of fused-ring (bicyclic) bond motifs is 1. The normalized spacial score (nSPS) is 15.6. The van der Waals surface area contributed by atoms with Crippen molar-refractivity contribution in [1.29, 1.82) is 0 Å². The Morgan fingerprint density at radius 2 is 1.74 bits per heavy atom. The second-order valence-electron chi connectivity index (χ2n) is 12.3. The van der Waals surface area contributed by atoms with Crippen LogP contribution in [0.5, 0.6) is 5.75 Å². The molecule has 3 atom stereocenters. The van der Waals surface area contributed by atoms with Crippen molar-refractivity contribution in [2.75, 3.05) is 50.3 Å². The van der Waals surface area contributed by atoms with Crippen LogP contribution in [0.25, 0.3) is 10.9 Å². The highest BCUT2D eigenvalue weighted by molar-refractivity contribution is 6.03. The number of nitrogens with one attached hydrogen (secondary N) is 4. The van der Waals surface area contributed by atoms with E-state index in [1.54, 1.807) is 31.0 Å². The monoisotopic (exact) mass is 676 g/mol. The van der Waals surface area contributed by atoms with Gasteiger partial charge in [0, 0.05) is 37.8 Å². The average molecular weight is 678 g/mol. The molecule has 4 rings (SSSR count). The van der Waals surface area contributed by atoms with Crippen molar-refractivity contribution in [3.63, 3.8) is 0 Å². The van der Waals surface area contributed by atoms with Crippen LogP contribution in [-0.2, 0) is 14.4 Å². The summed E-state index contributed by atoms with van der Waals surface area (Å²) >= 11 is 0. The molecule has 0 bridgehead atoms. The zero-order valence-corrected chi connectivity index (χ0v) is 29.3. The van der Waals surface area contributed by atoms with E-state index in [4.69, 9.17) is 14.7 Å². The van der Waals surface area contributed by atoms with Crippen LogP contribution in [-0.4, -0.2) is 85.5 Å². The van der Waals surface area contributed by atoms with Gasteiger partial charge in [-0.2, -0.15) is 4.98 Å². The van der Waals surface area contributed by atoms with Crippen LogP contribution in [0.2, 0.25) is 0 Å². The number of hydrogen-bond donors (Lipinski definition) is 4. The molecule has 0 spiro atoms. The van der Waals surface area contributed by atoms with E-state index in [0.29, 0.717) is 48.1 Å². The van der Waals surface area contributed by atoms with Crippen LogP contribution in [0, 0.1) is 5.41 Å². The lowest BCUT2D eigenvalue weighted by Crippen LogP contribution is -2.59. The van der Waals surface area contributed by atoms with Crippen molar-refractivity contribution in [3.05, 3.63) is 42.5 Å². The summed E-state index contributed by atoms with van der Waals surface area (Å²) < 4.78 is 5.67. The van der Waals surface area contributed by atoms with Gasteiger partial charge in [-0.3, -0.25) is 14.4 Å². The highest BCUT2D eigenvalue weighted by atomic mass is 35.5. The first-order valence-corrected chi connectivity index (χ1v) is 14.8. The molecule has 1 fully saturated rings. The molecule has 1 saturated heterocycles. The van der Waals surface area contributed by atoms with Gasteiger partial charge in [0.2, 0.25) is 23.7 Å². The van der Waals surface area contributed by atoms with Gasteiger partial charge >= 0.3 is 0 Å². The fraction of sp³-hybridized carbons (Fsp3) is 0.469. The summed E-state index contributed by atoms with van der Waals surface area (Å²) in [4.78, 5) is 53.2. The minimum atomic E-state index is -0.798. The molecular weight excluding hydrogens is 631 g/mol. The summed E-state index contributed by atoms with van der Waals surface area (Å²) in [5.41, 5.74) is 1.37. The highest BCUT2D eigenvalue weighted by Gasteiger charge is 2.42. The first-order chi connectivity index (χ1) is 20.8. The molecule has 12 nitrogen and oxygen atoms in total. The number of aromatic nitrogens is 2. The van der Waals surface area contributed by atoms with Gasteiger partial charge < -0.3 is 35.8 Å². The van der Waals surface area contributed by atoms with Gasteiger partial charge in [-0.15, -0.1) is 24.8 Å². The molecule has 46 heavy (non-hydrogen) atoms. The summed E-state index contributed by atoms with van der Waals surface area (Å²) in [5.74, 6) is 0.629. The number of rotatable bonds is 10. The van der Waals surface area contributed by atoms with Gasteiger partial charge in [-0.1, -0.05) is 39.0 Å². The highest BCUT2D eigenvalue weighted by Crippen LogP contribution is 2.35. The molecule has 14 heteroatoms. The number of carbonyl (C=O) groups is 3. The molecular formula is C32H46Cl2N8O4. The Bertz CT molecular complexity index is 1520. The van der Waals surface area contributed by atoms with Crippen molar-refractivity contribution in [2.24, 2.45) is 5.41 Å². The molecule has 0 aliphatic carbocycles. The second-order valence-corrected chi connectivity index (χ2v) is 12.3. The summed E-state index contributed by atoms with van der Waals surface area (Å²) in [6, 6.07) is 11.3. The minimum Gasteiger partial charge on any atom is -0.494 e. The van der Waals surface area contributed by atoms with Crippen LogP contribution in [0.4, 0.5) is 23.1 Å². The van der Waals surface area contributed by atoms with Crippen molar-refractivity contribution >= 4 is 76.6 Å². The average Bonchev–Trinajstić information content (AvgIpc) is 3.48. The van der Waals surface area contributed by atoms with E-state index in [9.17, 15) is 14.4 Å². The maximum Gasteiger partial charge on any atom is 0.247 e. The first-order valence-electron chi connectivity index (χ1n) is 14.8. The van der Waals surface area contributed by atoms with Gasteiger partial charge in [0.15, 0.2) is 0 Å². The number of nitrogens with zero attached hydrogens (tertiary/aromatic N) is 4. The van der Waals surface area contributed by atoms with Gasteiger partial charge in [-0.25, -0.2) is 4.98 Å². The summed E-state index contributed by atoms with van der Waals surface area (Å²) in [7, 11) is 7.00. The number of benzene rings is 2. The van der Waals surface area contributed by atoms with E-state index < -0.39 is 23.5 Å². The number of halogens is 2. The topological polar surface area (TPSA) is 141 Å². The van der Waals surface area contributed by atoms with Gasteiger partial charge in [0.1, 0.15) is 23.7 Å². The largest absolute Gasteiger partial charge is 0.494 e. The predicted molar refractivity (Wildman–Crippen MR) is 188 cm³/mol. The van der Waals surface area contributed by atoms with Crippen molar-refractivity contribution in [2.45, 2.75) is 58.7 Å². The maximum absolute atomic E-state index is 13.8. The Labute approximate surface area is 283 Å². The first kappa shape index (κ1) is 38.3. The molecule has 1 aromatic heterocycles. The molecule has 0 radical (unpaired) electrons. The Kier molecular flexibility index (Phi) is 13.4. The molecule has 3 aromatic rings. The van der Waals surface area contributed by atoms with Crippen LogP contribution < -0.4 is 30.9 Å². The quantitative estimate of drug-likeness (QED) is 0.247. The van der Waals surface area contributed by atoms with Crippen molar-refractivity contribution in [1.82, 2.24) is 25.5 Å². The molecule has 1 aliphatic rings. The van der Waals surface area contributed by atoms with Crippen LogP contribution in [0.15, 0.2) is 42.5 Å². The van der Waals surface area contributed by atoms with Crippen LogP contribution in [0.1, 0.15) is 40.5 Å². The zero-order valence-electron chi connectivity index (χ0n) is 27.6.